The van der Waals surface area contributed by atoms with Crippen molar-refractivity contribution in [3.63, 3.8) is 0 Å². The minimum absolute atomic E-state index is 0.0464. The molecule has 0 radical (unpaired) electrons. The SMILES string of the molecule is NC=C[C@H]1CCCCN1C(=O)c1csc(-c2cnc(CC3=CCCC=C3)o2)n1. The Bertz CT molecular complexity index is 924. The predicted molar refractivity (Wildman–Crippen MR) is 110 cm³/mol. The van der Waals surface area contributed by atoms with E-state index in [9.17, 15) is 4.79 Å². The molecule has 2 aliphatic rings. The lowest BCUT2D eigenvalue weighted by Crippen LogP contribution is -2.43. The molecular weight excluding hydrogens is 372 g/mol. The number of carbonyl (C=O) groups is 1. The molecule has 1 amide bonds. The molecule has 0 unspecified atom stereocenters. The third-order valence-corrected chi connectivity index (χ3v) is 5.91. The molecular formula is C21H24N4O2S. The quantitative estimate of drug-likeness (QED) is 0.823. The number of hydrogen-bond acceptors (Lipinski definition) is 6. The summed E-state index contributed by atoms with van der Waals surface area (Å²) in [5, 5.41) is 2.47. The number of rotatable bonds is 5. The molecule has 7 heteroatoms. The number of allylic oxidation sites excluding steroid dienone is 4. The lowest BCUT2D eigenvalue weighted by Gasteiger charge is -2.33. The van der Waals surface area contributed by atoms with Crippen LogP contribution in [0.3, 0.4) is 0 Å². The van der Waals surface area contributed by atoms with Crippen molar-refractivity contribution in [2.24, 2.45) is 5.73 Å². The van der Waals surface area contributed by atoms with Crippen LogP contribution in [-0.4, -0.2) is 33.4 Å². The highest BCUT2D eigenvalue weighted by Gasteiger charge is 2.27. The van der Waals surface area contributed by atoms with Gasteiger partial charge in [0.05, 0.1) is 12.2 Å². The second-order valence-corrected chi connectivity index (χ2v) is 7.90. The fraction of sp³-hybridized carbons (Fsp3) is 0.381. The Kier molecular flexibility index (Phi) is 5.71. The second kappa shape index (κ2) is 8.56. The number of aromatic nitrogens is 2. The molecule has 2 aromatic rings. The fourth-order valence-corrected chi connectivity index (χ4v) is 4.37. The van der Waals surface area contributed by atoms with Gasteiger partial charge in [-0.2, -0.15) is 0 Å². The van der Waals surface area contributed by atoms with Gasteiger partial charge in [0, 0.05) is 18.3 Å². The number of amides is 1. The number of carbonyl (C=O) groups excluding carboxylic acids is 1. The number of nitrogens with two attached hydrogens (primary N) is 1. The van der Waals surface area contributed by atoms with Crippen molar-refractivity contribution in [3.8, 4) is 10.8 Å². The molecule has 0 bridgehead atoms. The molecule has 2 aromatic heterocycles. The second-order valence-electron chi connectivity index (χ2n) is 7.04. The topological polar surface area (TPSA) is 85.2 Å². The van der Waals surface area contributed by atoms with E-state index < -0.39 is 0 Å². The van der Waals surface area contributed by atoms with Gasteiger partial charge in [0.2, 0.25) is 0 Å². The largest absolute Gasteiger partial charge is 0.438 e. The van der Waals surface area contributed by atoms with Crippen molar-refractivity contribution in [2.45, 2.75) is 44.6 Å². The molecule has 0 saturated carbocycles. The van der Waals surface area contributed by atoms with Crippen molar-refractivity contribution in [1.29, 1.82) is 0 Å². The predicted octanol–water partition coefficient (Wildman–Crippen LogP) is 4.08. The van der Waals surface area contributed by atoms with Crippen molar-refractivity contribution in [1.82, 2.24) is 14.9 Å². The van der Waals surface area contributed by atoms with Gasteiger partial charge in [0.25, 0.3) is 5.91 Å². The maximum absolute atomic E-state index is 12.9. The molecule has 1 atom stereocenters. The van der Waals surface area contributed by atoms with Gasteiger partial charge in [0.1, 0.15) is 5.69 Å². The van der Waals surface area contributed by atoms with Crippen molar-refractivity contribution in [3.05, 3.63) is 59.2 Å². The Balaban J connectivity index is 1.47. The van der Waals surface area contributed by atoms with E-state index in [0.717, 1.165) is 38.6 Å². The van der Waals surface area contributed by atoms with Crippen molar-refractivity contribution >= 4 is 17.2 Å². The van der Waals surface area contributed by atoms with Crippen LogP contribution in [0.5, 0.6) is 0 Å². The van der Waals surface area contributed by atoms with E-state index in [1.165, 1.54) is 23.1 Å². The van der Waals surface area contributed by atoms with Gasteiger partial charge < -0.3 is 15.1 Å². The first-order valence-electron chi connectivity index (χ1n) is 9.70. The minimum Gasteiger partial charge on any atom is -0.438 e. The standard InChI is InChI=1S/C21H24N4O2S/c22-10-9-16-8-4-5-11-25(16)21(26)17-14-28-20(24-17)18-13-23-19(27-18)12-15-6-2-1-3-7-15/h2,6-7,9-10,13-14,16H,1,3-5,8,11-12,22H2/t16-/m1/s1. The molecule has 3 heterocycles. The number of piperidine rings is 1. The molecule has 6 nitrogen and oxygen atoms in total. The van der Waals surface area contributed by atoms with Crippen LogP contribution < -0.4 is 5.73 Å². The number of oxazole rings is 1. The summed E-state index contributed by atoms with van der Waals surface area (Å²) in [6, 6.07) is 0.0464. The van der Waals surface area contributed by atoms with Gasteiger partial charge in [0.15, 0.2) is 16.7 Å². The van der Waals surface area contributed by atoms with Gasteiger partial charge in [-0.25, -0.2) is 9.97 Å². The van der Waals surface area contributed by atoms with E-state index in [2.05, 4.69) is 28.2 Å². The summed E-state index contributed by atoms with van der Waals surface area (Å²) in [7, 11) is 0. The Morgan fingerprint density at radius 2 is 2.32 bits per heavy atom. The Labute approximate surface area is 168 Å². The first kappa shape index (κ1) is 18.7. The maximum atomic E-state index is 12.9. The summed E-state index contributed by atoms with van der Waals surface area (Å²) in [5.41, 5.74) is 7.22. The van der Waals surface area contributed by atoms with Crippen LogP contribution in [0.2, 0.25) is 0 Å². The number of hydrogen-bond donors (Lipinski definition) is 1. The summed E-state index contributed by atoms with van der Waals surface area (Å²) >= 11 is 1.41. The first-order valence-corrected chi connectivity index (χ1v) is 10.6. The van der Waals surface area contributed by atoms with E-state index in [1.54, 1.807) is 11.6 Å². The van der Waals surface area contributed by atoms with Crippen LogP contribution in [0.15, 0.2) is 52.1 Å². The lowest BCUT2D eigenvalue weighted by atomic mass is 10.0. The third-order valence-electron chi connectivity index (χ3n) is 5.06. The highest BCUT2D eigenvalue weighted by molar-refractivity contribution is 7.13. The molecule has 2 N–H and O–H groups in total. The van der Waals surface area contributed by atoms with Gasteiger partial charge in [-0.3, -0.25) is 4.79 Å². The van der Waals surface area contributed by atoms with Crippen LogP contribution in [0.1, 0.15) is 48.5 Å². The molecule has 1 saturated heterocycles. The van der Waals surface area contributed by atoms with E-state index in [1.807, 2.05) is 11.0 Å². The smallest absolute Gasteiger partial charge is 0.273 e. The molecule has 1 aliphatic heterocycles. The zero-order chi connectivity index (χ0) is 19.3. The van der Waals surface area contributed by atoms with Crippen molar-refractivity contribution < 1.29 is 9.21 Å². The summed E-state index contributed by atoms with van der Waals surface area (Å²) in [6.07, 6.45) is 17.5. The maximum Gasteiger partial charge on any atom is 0.273 e. The van der Waals surface area contributed by atoms with Gasteiger partial charge in [-0.1, -0.05) is 18.2 Å². The van der Waals surface area contributed by atoms with E-state index in [-0.39, 0.29) is 11.9 Å². The molecule has 0 aromatic carbocycles. The Morgan fingerprint density at radius 3 is 3.14 bits per heavy atom. The molecule has 0 spiro atoms. The van der Waals surface area contributed by atoms with Crippen molar-refractivity contribution in [2.75, 3.05) is 6.54 Å². The van der Waals surface area contributed by atoms with Crippen LogP contribution in [0, 0.1) is 0 Å². The molecule has 4 rings (SSSR count). The van der Waals surface area contributed by atoms with Crippen LogP contribution in [0.4, 0.5) is 0 Å². The fourth-order valence-electron chi connectivity index (χ4n) is 3.63. The van der Waals surface area contributed by atoms with E-state index in [0.29, 0.717) is 28.8 Å². The zero-order valence-corrected chi connectivity index (χ0v) is 16.5. The summed E-state index contributed by atoms with van der Waals surface area (Å²) in [5.74, 6) is 1.22. The monoisotopic (exact) mass is 396 g/mol. The average Bonchev–Trinajstić information content (AvgIpc) is 3.39. The molecule has 1 fully saturated rings. The van der Waals surface area contributed by atoms with Crippen LogP contribution >= 0.6 is 11.3 Å². The Hall–Kier alpha value is -2.67. The number of nitrogens with zero attached hydrogens (tertiary/aromatic N) is 3. The van der Waals surface area contributed by atoms with Gasteiger partial charge >= 0.3 is 0 Å². The molecule has 1 aliphatic carbocycles. The third kappa shape index (κ3) is 4.09. The normalized spacial score (nSPS) is 19.9. The van der Waals surface area contributed by atoms with Crippen LogP contribution in [-0.2, 0) is 6.42 Å². The van der Waals surface area contributed by atoms with Gasteiger partial charge in [-0.05, 0) is 50.0 Å². The number of thiazole rings is 1. The lowest BCUT2D eigenvalue weighted by molar-refractivity contribution is 0.0659. The molecule has 146 valence electrons. The zero-order valence-electron chi connectivity index (χ0n) is 15.7. The highest BCUT2D eigenvalue weighted by atomic mass is 32.1. The van der Waals surface area contributed by atoms with Gasteiger partial charge in [-0.15, -0.1) is 11.3 Å². The summed E-state index contributed by atoms with van der Waals surface area (Å²) in [6.45, 7) is 0.732. The minimum atomic E-state index is -0.0532. The molecule has 28 heavy (non-hydrogen) atoms. The highest BCUT2D eigenvalue weighted by Crippen LogP contribution is 2.28. The van der Waals surface area contributed by atoms with Crippen LogP contribution in [0.25, 0.3) is 10.8 Å². The van der Waals surface area contributed by atoms with E-state index >= 15 is 0 Å². The number of likely N-dealkylation sites (tertiary alicyclic amines) is 1. The first-order chi connectivity index (χ1) is 13.7. The summed E-state index contributed by atoms with van der Waals surface area (Å²) < 4.78 is 5.88. The Morgan fingerprint density at radius 1 is 1.39 bits per heavy atom. The van der Waals surface area contributed by atoms with E-state index in [4.69, 9.17) is 10.2 Å². The summed E-state index contributed by atoms with van der Waals surface area (Å²) in [4.78, 5) is 23.7. The average molecular weight is 397 g/mol.